The van der Waals surface area contributed by atoms with Crippen molar-refractivity contribution in [2.45, 2.75) is 31.1 Å². The fourth-order valence-electron chi connectivity index (χ4n) is 3.48. The Labute approximate surface area is 144 Å². The number of nitrogens with one attached hydrogen (secondary N) is 1. The number of amides is 1. The number of benzene rings is 1. The van der Waals surface area contributed by atoms with Crippen molar-refractivity contribution in [3.63, 3.8) is 0 Å². The van der Waals surface area contributed by atoms with Crippen molar-refractivity contribution in [2.75, 3.05) is 6.54 Å². The molecular weight excluding hydrogens is 319 g/mol. The van der Waals surface area contributed by atoms with Crippen LogP contribution in [0.2, 0.25) is 0 Å². The summed E-state index contributed by atoms with van der Waals surface area (Å²) in [5.74, 6) is 0.481. The van der Waals surface area contributed by atoms with Gasteiger partial charge < -0.3 is 5.32 Å². The topological polar surface area (TPSA) is 59.3 Å². The summed E-state index contributed by atoms with van der Waals surface area (Å²) in [6, 6.07) is 12.1. The zero-order valence-electron chi connectivity index (χ0n) is 13.8. The molecule has 128 valence electrons. The van der Waals surface area contributed by atoms with Gasteiger partial charge in [0.2, 0.25) is 5.91 Å². The van der Waals surface area contributed by atoms with E-state index in [9.17, 15) is 9.18 Å². The first-order chi connectivity index (χ1) is 12.2. The molecule has 1 N–H and O–H groups in total. The first-order valence-electron chi connectivity index (χ1n) is 8.52. The second-order valence-electron chi connectivity index (χ2n) is 6.50. The highest BCUT2D eigenvalue weighted by Crippen LogP contribution is 2.44. The predicted molar refractivity (Wildman–Crippen MR) is 91.6 cm³/mol. The van der Waals surface area contributed by atoms with Crippen molar-refractivity contribution in [3.05, 3.63) is 65.9 Å². The Morgan fingerprint density at radius 2 is 2.08 bits per heavy atom. The van der Waals surface area contributed by atoms with Crippen LogP contribution in [0, 0.1) is 5.82 Å². The van der Waals surface area contributed by atoms with Crippen LogP contribution in [0.3, 0.4) is 0 Å². The first-order valence-corrected chi connectivity index (χ1v) is 8.52. The van der Waals surface area contributed by atoms with E-state index in [2.05, 4.69) is 15.5 Å². The normalized spacial score (nSPS) is 15.7. The van der Waals surface area contributed by atoms with E-state index in [1.807, 2.05) is 34.9 Å². The molecule has 3 aromatic rings. The molecule has 1 saturated carbocycles. The third-order valence-corrected chi connectivity index (χ3v) is 5.04. The van der Waals surface area contributed by atoms with Crippen molar-refractivity contribution in [2.24, 2.45) is 0 Å². The van der Waals surface area contributed by atoms with Crippen LogP contribution in [0.5, 0.6) is 0 Å². The van der Waals surface area contributed by atoms with Gasteiger partial charge in [0.15, 0.2) is 5.65 Å². The number of fused-ring (bicyclic) bond motifs is 1. The average Bonchev–Trinajstić information content (AvgIpc) is 2.97. The number of carbonyl (C=O) groups is 1. The Balaban J connectivity index is 1.44. The monoisotopic (exact) mass is 338 g/mol. The molecule has 0 unspecified atom stereocenters. The largest absolute Gasteiger partial charge is 0.355 e. The fourth-order valence-corrected chi connectivity index (χ4v) is 3.48. The summed E-state index contributed by atoms with van der Waals surface area (Å²) in [5.41, 5.74) is 0.970. The minimum absolute atomic E-state index is 0.0295. The van der Waals surface area contributed by atoms with Crippen LogP contribution in [0.4, 0.5) is 4.39 Å². The van der Waals surface area contributed by atoms with Crippen LogP contribution in [-0.4, -0.2) is 27.0 Å². The summed E-state index contributed by atoms with van der Waals surface area (Å²) >= 11 is 0. The van der Waals surface area contributed by atoms with E-state index >= 15 is 0 Å². The summed E-state index contributed by atoms with van der Waals surface area (Å²) in [4.78, 5) is 12.8. The summed E-state index contributed by atoms with van der Waals surface area (Å²) in [5, 5.41) is 11.3. The Morgan fingerprint density at radius 3 is 2.84 bits per heavy atom. The second kappa shape index (κ2) is 6.27. The van der Waals surface area contributed by atoms with E-state index in [-0.39, 0.29) is 11.7 Å². The van der Waals surface area contributed by atoms with E-state index in [4.69, 9.17) is 0 Å². The molecule has 4 rings (SSSR count). The van der Waals surface area contributed by atoms with Crippen LogP contribution in [0.25, 0.3) is 5.65 Å². The molecule has 2 heterocycles. The van der Waals surface area contributed by atoms with Crippen molar-refractivity contribution in [1.82, 2.24) is 19.9 Å². The maximum absolute atomic E-state index is 13.6. The van der Waals surface area contributed by atoms with Crippen molar-refractivity contribution < 1.29 is 9.18 Å². The number of aromatic nitrogens is 3. The molecule has 0 spiro atoms. The summed E-state index contributed by atoms with van der Waals surface area (Å²) in [7, 11) is 0. The number of hydrogen-bond donors (Lipinski definition) is 1. The minimum Gasteiger partial charge on any atom is -0.355 e. The third-order valence-electron chi connectivity index (χ3n) is 5.04. The number of carbonyl (C=O) groups excluding carboxylic acids is 1. The molecule has 6 heteroatoms. The minimum atomic E-state index is -0.588. The molecule has 5 nitrogen and oxygen atoms in total. The number of halogens is 1. The van der Waals surface area contributed by atoms with Crippen molar-refractivity contribution >= 4 is 11.6 Å². The third kappa shape index (κ3) is 2.77. The van der Waals surface area contributed by atoms with E-state index in [0.29, 0.717) is 13.0 Å². The Morgan fingerprint density at radius 1 is 1.20 bits per heavy atom. The smallest absolute Gasteiger partial charge is 0.230 e. The highest BCUT2D eigenvalue weighted by molar-refractivity contribution is 5.89. The van der Waals surface area contributed by atoms with Crippen molar-refractivity contribution in [1.29, 1.82) is 0 Å². The van der Waals surface area contributed by atoms with Crippen LogP contribution in [0.15, 0.2) is 48.7 Å². The van der Waals surface area contributed by atoms with Gasteiger partial charge in [-0.25, -0.2) is 4.39 Å². The highest BCUT2D eigenvalue weighted by Gasteiger charge is 2.45. The van der Waals surface area contributed by atoms with E-state index < -0.39 is 5.41 Å². The van der Waals surface area contributed by atoms with E-state index in [0.717, 1.165) is 36.3 Å². The van der Waals surface area contributed by atoms with E-state index in [1.54, 1.807) is 6.07 Å². The molecule has 25 heavy (non-hydrogen) atoms. The Bertz CT molecular complexity index is 916. The number of pyridine rings is 1. The van der Waals surface area contributed by atoms with Gasteiger partial charge in [0.1, 0.15) is 11.6 Å². The molecule has 2 aromatic heterocycles. The van der Waals surface area contributed by atoms with E-state index in [1.165, 1.54) is 12.1 Å². The molecule has 0 saturated heterocycles. The number of rotatable bonds is 5. The quantitative estimate of drug-likeness (QED) is 0.778. The lowest BCUT2D eigenvalue weighted by molar-refractivity contribution is -0.129. The van der Waals surface area contributed by atoms with Gasteiger partial charge in [-0.2, -0.15) is 0 Å². The Kier molecular flexibility index (Phi) is 3.95. The van der Waals surface area contributed by atoms with Crippen LogP contribution in [-0.2, 0) is 16.6 Å². The van der Waals surface area contributed by atoms with Crippen molar-refractivity contribution in [3.8, 4) is 0 Å². The highest BCUT2D eigenvalue weighted by atomic mass is 19.1. The van der Waals surface area contributed by atoms with Gasteiger partial charge in [-0.3, -0.25) is 9.20 Å². The molecule has 1 fully saturated rings. The van der Waals surface area contributed by atoms with Gasteiger partial charge in [0.05, 0.1) is 5.41 Å². The summed E-state index contributed by atoms with van der Waals surface area (Å²) in [6.07, 6.45) is 5.01. The van der Waals surface area contributed by atoms with Gasteiger partial charge in [-0.1, -0.05) is 24.6 Å². The van der Waals surface area contributed by atoms with Gasteiger partial charge in [0, 0.05) is 19.2 Å². The molecule has 0 aliphatic heterocycles. The second-order valence-corrected chi connectivity index (χ2v) is 6.50. The first kappa shape index (κ1) is 15.7. The van der Waals surface area contributed by atoms with Gasteiger partial charge in [0.25, 0.3) is 0 Å². The van der Waals surface area contributed by atoms with Gasteiger partial charge >= 0.3 is 0 Å². The Hall–Kier alpha value is -2.76. The maximum atomic E-state index is 13.6. The molecule has 1 amide bonds. The van der Waals surface area contributed by atoms with Crippen LogP contribution >= 0.6 is 0 Å². The van der Waals surface area contributed by atoms with Gasteiger partial charge in [-0.15, -0.1) is 10.2 Å². The molecule has 0 radical (unpaired) electrons. The average molecular weight is 338 g/mol. The standard InChI is InChI=1S/C19H19FN4O/c20-15-6-3-5-14(13-15)19(9-4-10-19)18(25)21-11-8-17-23-22-16-7-1-2-12-24(16)17/h1-3,5-7,12-13H,4,8-11H2,(H,21,25). The molecule has 0 atom stereocenters. The lowest BCUT2D eigenvalue weighted by Crippen LogP contribution is -2.49. The fraction of sp³-hybridized carbons (Fsp3) is 0.316. The van der Waals surface area contributed by atoms with Crippen LogP contribution < -0.4 is 5.32 Å². The molecule has 1 aromatic carbocycles. The zero-order valence-corrected chi connectivity index (χ0v) is 13.8. The summed E-state index contributed by atoms with van der Waals surface area (Å²) < 4.78 is 15.5. The van der Waals surface area contributed by atoms with Gasteiger partial charge in [-0.05, 0) is 42.7 Å². The SMILES string of the molecule is O=C(NCCc1nnc2ccccn12)C1(c2cccc(F)c2)CCC1. The molecule has 0 bridgehead atoms. The molecule has 1 aliphatic carbocycles. The maximum Gasteiger partial charge on any atom is 0.230 e. The molecule has 1 aliphatic rings. The number of hydrogen-bond acceptors (Lipinski definition) is 3. The predicted octanol–water partition coefficient (Wildman–Crippen LogP) is 2.65. The van der Waals surface area contributed by atoms with Crippen LogP contribution in [0.1, 0.15) is 30.7 Å². The lowest BCUT2D eigenvalue weighted by atomic mass is 9.64. The summed E-state index contributed by atoms with van der Waals surface area (Å²) in [6.45, 7) is 0.478. The number of nitrogens with zero attached hydrogens (tertiary/aromatic N) is 3. The zero-order chi connectivity index (χ0) is 17.3. The lowest BCUT2D eigenvalue weighted by Gasteiger charge is -2.40. The molecular formula is C19H19FN4O.